The summed E-state index contributed by atoms with van der Waals surface area (Å²) < 4.78 is 0. The lowest BCUT2D eigenvalue weighted by Gasteiger charge is -2.27. The van der Waals surface area contributed by atoms with Crippen molar-refractivity contribution in [3.05, 3.63) is 34.9 Å². The Balaban J connectivity index is 2.96. The van der Waals surface area contributed by atoms with Gasteiger partial charge < -0.3 is 0 Å². The quantitative estimate of drug-likeness (QED) is 0.621. The molecule has 0 spiro atoms. The fourth-order valence-corrected chi connectivity index (χ4v) is 1.47. The van der Waals surface area contributed by atoms with E-state index in [1.165, 1.54) is 5.56 Å². The normalized spacial score (nSPS) is 14.2. The zero-order chi connectivity index (χ0) is 10.1. The summed E-state index contributed by atoms with van der Waals surface area (Å²) in [6.45, 7) is 8.99. The molecule has 1 aromatic carbocycles. The van der Waals surface area contributed by atoms with E-state index in [-0.39, 0.29) is 0 Å². The van der Waals surface area contributed by atoms with E-state index in [9.17, 15) is 0 Å². The molecule has 0 nitrogen and oxygen atoms in total. The van der Waals surface area contributed by atoms with Crippen molar-refractivity contribution in [3.63, 3.8) is 0 Å². The topological polar surface area (TPSA) is 0 Å². The van der Waals surface area contributed by atoms with Crippen molar-refractivity contribution >= 4 is 11.6 Å². The Morgan fingerprint density at radius 3 is 2.31 bits per heavy atom. The van der Waals surface area contributed by atoms with E-state index in [1.807, 2.05) is 12.1 Å². The van der Waals surface area contributed by atoms with E-state index in [0.717, 1.165) is 5.02 Å². The molecule has 72 valence electrons. The number of halogens is 1. The zero-order valence-corrected chi connectivity index (χ0v) is 9.52. The van der Waals surface area contributed by atoms with Crippen LogP contribution in [0.1, 0.15) is 39.2 Å². The maximum absolute atomic E-state index is 5.94. The molecule has 0 saturated carbocycles. The van der Waals surface area contributed by atoms with Gasteiger partial charge in [-0.25, -0.2) is 0 Å². The van der Waals surface area contributed by atoms with Crippen LogP contribution in [0, 0.1) is 5.41 Å². The highest BCUT2D eigenvalue weighted by atomic mass is 35.5. The molecule has 0 saturated heterocycles. The van der Waals surface area contributed by atoms with Gasteiger partial charge in [0.15, 0.2) is 0 Å². The Bertz CT molecular complexity index is 283. The van der Waals surface area contributed by atoms with Crippen LogP contribution >= 0.6 is 11.6 Å². The standard InChI is InChI=1S/C12H17Cl/c1-9(12(2,3)4)10-6-5-7-11(13)8-10/h5-9H,1-4H3/t9-/m0/s1. The first-order chi connectivity index (χ1) is 5.91. The fourth-order valence-electron chi connectivity index (χ4n) is 1.28. The minimum atomic E-state index is 0.296. The molecule has 1 rings (SSSR count). The number of benzene rings is 1. The van der Waals surface area contributed by atoms with Crippen molar-refractivity contribution in [2.24, 2.45) is 5.41 Å². The average Bonchev–Trinajstić information content (AvgIpc) is 2.01. The van der Waals surface area contributed by atoms with Gasteiger partial charge in [0.2, 0.25) is 0 Å². The van der Waals surface area contributed by atoms with Gasteiger partial charge >= 0.3 is 0 Å². The molecule has 0 aliphatic carbocycles. The smallest absolute Gasteiger partial charge is 0.0408 e. The van der Waals surface area contributed by atoms with E-state index in [0.29, 0.717) is 11.3 Å². The summed E-state index contributed by atoms with van der Waals surface area (Å²) in [5, 5.41) is 0.827. The second kappa shape index (κ2) is 3.71. The second-order valence-electron chi connectivity index (χ2n) is 4.64. The maximum Gasteiger partial charge on any atom is 0.0408 e. The van der Waals surface area contributed by atoms with Gasteiger partial charge in [0.05, 0.1) is 0 Å². The first kappa shape index (κ1) is 10.6. The number of rotatable bonds is 1. The van der Waals surface area contributed by atoms with Crippen molar-refractivity contribution in [1.29, 1.82) is 0 Å². The molecule has 0 radical (unpaired) electrons. The van der Waals surface area contributed by atoms with Gasteiger partial charge in [-0.1, -0.05) is 51.4 Å². The predicted molar refractivity (Wildman–Crippen MR) is 59.3 cm³/mol. The highest BCUT2D eigenvalue weighted by Gasteiger charge is 2.21. The Labute approximate surface area is 85.9 Å². The van der Waals surface area contributed by atoms with Gasteiger partial charge in [0.1, 0.15) is 0 Å². The first-order valence-electron chi connectivity index (χ1n) is 4.67. The van der Waals surface area contributed by atoms with Crippen LogP contribution in [0.15, 0.2) is 24.3 Å². The van der Waals surface area contributed by atoms with Crippen molar-refractivity contribution in [3.8, 4) is 0 Å². The van der Waals surface area contributed by atoms with Crippen LogP contribution in [0.25, 0.3) is 0 Å². The van der Waals surface area contributed by atoms with Crippen molar-refractivity contribution in [2.75, 3.05) is 0 Å². The minimum absolute atomic E-state index is 0.296. The van der Waals surface area contributed by atoms with E-state index in [2.05, 4.69) is 39.8 Å². The van der Waals surface area contributed by atoms with Crippen molar-refractivity contribution in [1.82, 2.24) is 0 Å². The molecule has 0 bridgehead atoms. The Morgan fingerprint density at radius 1 is 1.23 bits per heavy atom. The molecule has 1 aromatic rings. The number of hydrogen-bond donors (Lipinski definition) is 0. The van der Waals surface area contributed by atoms with Crippen LogP contribution in [-0.4, -0.2) is 0 Å². The third-order valence-electron chi connectivity index (χ3n) is 2.65. The third-order valence-corrected chi connectivity index (χ3v) is 2.88. The monoisotopic (exact) mass is 196 g/mol. The lowest BCUT2D eigenvalue weighted by atomic mass is 9.78. The summed E-state index contributed by atoms with van der Waals surface area (Å²) in [4.78, 5) is 0. The lowest BCUT2D eigenvalue weighted by Crippen LogP contribution is -2.15. The Morgan fingerprint density at radius 2 is 1.85 bits per heavy atom. The molecule has 0 heterocycles. The summed E-state index contributed by atoms with van der Waals surface area (Å²) in [6.07, 6.45) is 0. The molecular weight excluding hydrogens is 180 g/mol. The molecule has 0 unspecified atom stereocenters. The molecule has 0 aliphatic rings. The first-order valence-corrected chi connectivity index (χ1v) is 5.04. The van der Waals surface area contributed by atoms with Gasteiger partial charge in [-0.2, -0.15) is 0 Å². The van der Waals surface area contributed by atoms with Crippen LogP contribution in [0.2, 0.25) is 5.02 Å². The molecule has 0 N–H and O–H groups in total. The van der Waals surface area contributed by atoms with Gasteiger partial charge in [-0.15, -0.1) is 0 Å². The molecule has 1 atom stereocenters. The second-order valence-corrected chi connectivity index (χ2v) is 5.08. The SMILES string of the molecule is C[C@@H](c1cccc(Cl)c1)C(C)(C)C. The van der Waals surface area contributed by atoms with Crippen LogP contribution in [-0.2, 0) is 0 Å². The molecule has 0 aromatic heterocycles. The Kier molecular flexibility index (Phi) is 3.02. The third kappa shape index (κ3) is 2.73. The lowest BCUT2D eigenvalue weighted by molar-refractivity contribution is 0.339. The van der Waals surface area contributed by atoms with Crippen molar-refractivity contribution < 1.29 is 0 Å². The zero-order valence-electron chi connectivity index (χ0n) is 8.76. The molecule has 0 amide bonds. The van der Waals surface area contributed by atoms with Crippen molar-refractivity contribution in [2.45, 2.75) is 33.6 Å². The van der Waals surface area contributed by atoms with Gasteiger partial charge in [0, 0.05) is 5.02 Å². The summed E-state index contributed by atoms with van der Waals surface area (Å²) >= 11 is 5.94. The summed E-state index contributed by atoms with van der Waals surface area (Å²) in [6, 6.07) is 8.12. The van der Waals surface area contributed by atoms with E-state index in [1.54, 1.807) is 0 Å². The van der Waals surface area contributed by atoms with E-state index < -0.39 is 0 Å². The van der Waals surface area contributed by atoms with Crippen LogP contribution in [0.4, 0.5) is 0 Å². The van der Waals surface area contributed by atoms with Crippen LogP contribution in [0.3, 0.4) is 0 Å². The molecular formula is C12H17Cl. The number of hydrogen-bond acceptors (Lipinski definition) is 0. The van der Waals surface area contributed by atoms with Crippen LogP contribution in [0.5, 0.6) is 0 Å². The van der Waals surface area contributed by atoms with E-state index >= 15 is 0 Å². The Hall–Kier alpha value is -0.490. The summed E-state index contributed by atoms with van der Waals surface area (Å²) in [7, 11) is 0. The van der Waals surface area contributed by atoms with Gasteiger partial charge in [0.25, 0.3) is 0 Å². The highest BCUT2D eigenvalue weighted by molar-refractivity contribution is 6.30. The molecule has 13 heavy (non-hydrogen) atoms. The van der Waals surface area contributed by atoms with E-state index in [4.69, 9.17) is 11.6 Å². The maximum atomic E-state index is 5.94. The molecule has 1 heteroatoms. The predicted octanol–water partition coefficient (Wildman–Crippen LogP) is 4.49. The summed E-state index contributed by atoms with van der Waals surface area (Å²) in [5.41, 5.74) is 1.62. The minimum Gasteiger partial charge on any atom is -0.0843 e. The largest absolute Gasteiger partial charge is 0.0843 e. The molecule has 0 fully saturated rings. The van der Waals surface area contributed by atoms with Gasteiger partial charge in [-0.05, 0) is 29.0 Å². The highest BCUT2D eigenvalue weighted by Crippen LogP contribution is 2.34. The molecule has 0 aliphatic heterocycles. The average molecular weight is 197 g/mol. The van der Waals surface area contributed by atoms with Gasteiger partial charge in [-0.3, -0.25) is 0 Å². The van der Waals surface area contributed by atoms with Crippen LogP contribution < -0.4 is 0 Å². The summed E-state index contributed by atoms with van der Waals surface area (Å²) in [5.74, 6) is 0.534. The fraction of sp³-hybridized carbons (Fsp3) is 0.500.